The fourth-order valence-corrected chi connectivity index (χ4v) is 6.10. The van der Waals surface area contributed by atoms with Crippen molar-refractivity contribution in [1.82, 2.24) is 9.21 Å². The van der Waals surface area contributed by atoms with E-state index in [1.165, 1.54) is 9.87 Å². The van der Waals surface area contributed by atoms with Crippen molar-refractivity contribution in [3.63, 3.8) is 0 Å². The Balaban J connectivity index is 1.15. The number of ether oxygens (including phenoxy) is 2. The Morgan fingerprint density at radius 1 is 0.879 bits per heavy atom. The van der Waals surface area contributed by atoms with E-state index in [4.69, 9.17) is 9.47 Å². The van der Waals surface area contributed by atoms with Crippen molar-refractivity contribution in [3.05, 3.63) is 47.5 Å². The van der Waals surface area contributed by atoms with Gasteiger partial charge in [0.25, 0.3) is 0 Å². The molecule has 9 heteroatoms. The van der Waals surface area contributed by atoms with Crippen LogP contribution in [0.4, 0.5) is 5.69 Å². The number of aryl methyl sites for hydroxylation is 2. The van der Waals surface area contributed by atoms with E-state index in [0.29, 0.717) is 61.5 Å². The lowest BCUT2D eigenvalue weighted by Gasteiger charge is -2.33. The first-order chi connectivity index (χ1) is 16.0. The third-order valence-electron chi connectivity index (χ3n) is 6.44. The van der Waals surface area contributed by atoms with Gasteiger partial charge in [-0.25, -0.2) is 8.42 Å². The van der Waals surface area contributed by atoms with Crippen LogP contribution in [0, 0.1) is 0 Å². The molecule has 2 aromatic rings. The number of nitrogens with zero attached hydrogens (tertiary/aromatic N) is 2. The minimum atomic E-state index is -3.52. The van der Waals surface area contributed by atoms with E-state index >= 15 is 0 Å². The first-order valence-corrected chi connectivity index (χ1v) is 13.0. The summed E-state index contributed by atoms with van der Waals surface area (Å²) in [5, 5.41) is 2.90. The molecule has 2 aliphatic heterocycles. The van der Waals surface area contributed by atoms with Crippen molar-refractivity contribution in [2.75, 3.05) is 51.3 Å². The quantitative estimate of drug-likeness (QED) is 0.720. The highest BCUT2D eigenvalue weighted by atomic mass is 32.2. The standard InChI is InChI=1S/C24H29N3O5S/c28-24(25-20-6-8-22-23(16-20)32-14-2-13-31-22)17-26-9-11-27(12-10-26)33(29,30)21-7-5-18-3-1-4-19(18)15-21/h5-8,15-16H,1-4,9-14,17H2,(H,25,28). The molecule has 2 heterocycles. The van der Waals surface area contributed by atoms with Gasteiger partial charge in [-0.1, -0.05) is 6.07 Å². The van der Waals surface area contributed by atoms with E-state index in [9.17, 15) is 13.2 Å². The summed E-state index contributed by atoms with van der Waals surface area (Å²) >= 11 is 0. The Kier molecular flexibility index (Phi) is 6.27. The van der Waals surface area contributed by atoms with Gasteiger partial charge in [-0.2, -0.15) is 4.31 Å². The number of carbonyl (C=O) groups excluding carboxylic acids is 1. The Morgan fingerprint density at radius 3 is 2.45 bits per heavy atom. The first kappa shape index (κ1) is 22.2. The van der Waals surface area contributed by atoms with Gasteiger partial charge < -0.3 is 14.8 Å². The fourth-order valence-electron chi connectivity index (χ4n) is 4.63. The number of fused-ring (bicyclic) bond motifs is 2. The number of hydrogen-bond donors (Lipinski definition) is 1. The summed E-state index contributed by atoms with van der Waals surface area (Å²) < 4.78 is 39.0. The number of benzene rings is 2. The van der Waals surface area contributed by atoms with Crippen LogP contribution >= 0.6 is 0 Å². The largest absolute Gasteiger partial charge is 0.490 e. The average molecular weight is 472 g/mol. The number of hydrogen-bond acceptors (Lipinski definition) is 6. The van der Waals surface area contributed by atoms with E-state index in [2.05, 4.69) is 5.32 Å². The average Bonchev–Trinajstić information content (AvgIpc) is 3.16. The zero-order valence-corrected chi connectivity index (χ0v) is 19.4. The van der Waals surface area contributed by atoms with E-state index in [-0.39, 0.29) is 12.5 Å². The van der Waals surface area contributed by atoms with Gasteiger partial charge >= 0.3 is 0 Å². The number of anilines is 1. The number of amides is 1. The highest BCUT2D eigenvalue weighted by Gasteiger charge is 2.30. The molecule has 0 bridgehead atoms. The van der Waals surface area contributed by atoms with Crippen LogP contribution in [0.1, 0.15) is 24.0 Å². The lowest BCUT2D eigenvalue weighted by Crippen LogP contribution is -2.50. The molecule has 0 unspecified atom stereocenters. The molecule has 0 atom stereocenters. The van der Waals surface area contributed by atoms with E-state index < -0.39 is 10.0 Å². The second kappa shape index (κ2) is 9.32. The minimum absolute atomic E-state index is 0.139. The molecule has 8 nitrogen and oxygen atoms in total. The second-order valence-corrected chi connectivity index (χ2v) is 10.7. The Bertz CT molecular complexity index is 1140. The Labute approximate surface area is 194 Å². The number of piperazine rings is 1. The molecule has 1 fully saturated rings. The molecule has 1 saturated heterocycles. The van der Waals surface area contributed by atoms with Gasteiger partial charge in [-0.05, 0) is 54.7 Å². The zero-order valence-electron chi connectivity index (χ0n) is 18.6. The summed E-state index contributed by atoms with van der Waals surface area (Å²) in [7, 11) is -3.52. The van der Waals surface area contributed by atoms with Crippen molar-refractivity contribution in [2.24, 2.45) is 0 Å². The molecule has 3 aliphatic rings. The summed E-state index contributed by atoms with van der Waals surface area (Å²) in [6, 6.07) is 10.9. The molecule has 1 N–H and O–H groups in total. The minimum Gasteiger partial charge on any atom is -0.490 e. The Morgan fingerprint density at radius 2 is 1.64 bits per heavy atom. The monoisotopic (exact) mass is 471 g/mol. The molecule has 0 radical (unpaired) electrons. The van der Waals surface area contributed by atoms with Gasteiger partial charge in [0.1, 0.15) is 0 Å². The predicted octanol–water partition coefficient (Wildman–Crippen LogP) is 2.28. The van der Waals surface area contributed by atoms with Crippen molar-refractivity contribution in [3.8, 4) is 11.5 Å². The van der Waals surface area contributed by atoms with Gasteiger partial charge in [0.05, 0.1) is 24.7 Å². The number of rotatable bonds is 5. The molecule has 33 heavy (non-hydrogen) atoms. The van der Waals surface area contributed by atoms with Crippen LogP contribution in [-0.2, 0) is 27.7 Å². The van der Waals surface area contributed by atoms with Crippen LogP contribution in [0.5, 0.6) is 11.5 Å². The molecule has 2 aromatic carbocycles. The van der Waals surface area contributed by atoms with E-state index in [1.807, 2.05) is 17.0 Å². The summed E-state index contributed by atoms with van der Waals surface area (Å²) in [5.41, 5.74) is 3.07. The summed E-state index contributed by atoms with van der Waals surface area (Å²) in [4.78, 5) is 14.9. The molecule has 1 amide bonds. The molecule has 0 saturated carbocycles. The summed E-state index contributed by atoms with van der Waals surface area (Å²) in [6.07, 6.45) is 3.89. The molecular weight excluding hydrogens is 442 g/mol. The van der Waals surface area contributed by atoms with Gasteiger partial charge in [0.2, 0.25) is 15.9 Å². The van der Waals surface area contributed by atoms with Gasteiger partial charge in [0.15, 0.2) is 11.5 Å². The highest BCUT2D eigenvalue weighted by Crippen LogP contribution is 2.32. The third kappa shape index (κ3) is 4.85. The van der Waals surface area contributed by atoms with Gasteiger partial charge in [-0.3, -0.25) is 9.69 Å². The highest BCUT2D eigenvalue weighted by molar-refractivity contribution is 7.89. The maximum Gasteiger partial charge on any atom is 0.243 e. The SMILES string of the molecule is O=C(CN1CCN(S(=O)(=O)c2ccc3c(c2)CCC3)CC1)Nc1ccc2c(c1)OCCCO2. The van der Waals surface area contributed by atoms with Crippen LogP contribution in [-0.4, -0.2) is 69.5 Å². The fraction of sp³-hybridized carbons (Fsp3) is 0.458. The molecule has 5 rings (SSSR count). The lowest BCUT2D eigenvalue weighted by atomic mass is 10.1. The zero-order chi connectivity index (χ0) is 22.8. The van der Waals surface area contributed by atoms with Crippen LogP contribution < -0.4 is 14.8 Å². The molecule has 1 aliphatic carbocycles. The molecular formula is C24H29N3O5S. The summed E-state index contributed by atoms with van der Waals surface area (Å²) in [6.45, 7) is 3.18. The Hall–Kier alpha value is -2.62. The second-order valence-electron chi connectivity index (χ2n) is 8.72. The number of nitrogens with one attached hydrogen (secondary N) is 1. The normalized spacial score (nSPS) is 19.0. The van der Waals surface area contributed by atoms with E-state index in [1.54, 1.807) is 24.3 Å². The lowest BCUT2D eigenvalue weighted by molar-refractivity contribution is -0.117. The smallest absolute Gasteiger partial charge is 0.243 e. The van der Waals surface area contributed by atoms with Crippen LogP contribution in [0.15, 0.2) is 41.3 Å². The number of carbonyl (C=O) groups is 1. The molecule has 176 valence electrons. The predicted molar refractivity (Wildman–Crippen MR) is 124 cm³/mol. The van der Waals surface area contributed by atoms with Crippen molar-refractivity contribution in [1.29, 1.82) is 0 Å². The number of sulfonamides is 1. The molecule has 0 spiro atoms. The maximum atomic E-state index is 13.1. The van der Waals surface area contributed by atoms with Crippen molar-refractivity contribution >= 4 is 21.6 Å². The van der Waals surface area contributed by atoms with Gasteiger partial charge in [0, 0.05) is 44.4 Å². The van der Waals surface area contributed by atoms with Gasteiger partial charge in [-0.15, -0.1) is 0 Å². The van der Waals surface area contributed by atoms with Crippen LogP contribution in [0.3, 0.4) is 0 Å². The third-order valence-corrected chi connectivity index (χ3v) is 8.33. The van der Waals surface area contributed by atoms with Crippen molar-refractivity contribution < 1.29 is 22.7 Å². The van der Waals surface area contributed by atoms with E-state index in [0.717, 1.165) is 31.2 Å². The van der Waals surface area contributed by atoms with Crippen molar-refractivity contribution in [2.45, 2.75) is 30.6 Å². The van der Waals surface area contributed by atoms with Crippen LogP contribution in [0.25, 0.3) is 0 Å². The summed E-state index contributed by atoms with van der Waals surface area (Å²) in [5.74, 6) is 1.18. The first-order valence-electron chi connectivity index (χ1n) is 11.5. The molecule has 0 aromatic heterocycles. The topological polar surface area (TPSA) is 88.2 Å². The maximum absolute atomic E-state index is 13.1. The van der Waals surface area contributed by atoms with Crippen LogP contribution in [0.2, 0.25) is 0 Å².